The number of nitrogens with one attached hydrogen (secondary N) is 1. The van der Waals surface area contributed by atoms with Gasteiger partial charge in [0.2, 0.25) is 5.91 Å². The number of benzene rings is 1. The second-order valence-corrected chi connectivity index (χ2v) is 7.73. The highest BCUT2D eigenvalue weighted by atomic mass is 32.1. The molecule has 24 heavy (non-hydrogen) atoms. The molecule has 2 aromatic rings. The molecule has 0 spiro atoms. The molecule has 0 saturated carbocycles. The van der Waals surface area contributed by atoms with E-state index >= 15 is 0 Å². The van der Waals surface area contributed by atoms with Crippen molar-refractivity contribution >= 4 is 27.5 Å². The van der Waals surface area contributed by atoms with Crippen LogP contribution in [0.1, 0.15) is 36.3 Å². The smallest absolute Gasteiger partial charge is 0.221 e. The Labute approximate surface area is 147 Å². The lowest BCUT2D eigenvalue weighted by atomic mass is 10.0. The highest BCUT2D eigenvalue weighted by Crippen LogP contribution is 2.25. The van der Waals surface area contributed by atoms with Gasteiger partial charge in [0.05, 0.1) is 15.2 Å². The van der Waals surface area contributed by atoms with Crippen LogP contribution in [-0.4, -0.2) is 41.5 Å². The van der Waals surface area contributed by atoms with Crippen LogP contribution >= 0.6 is 11.3 Å². The van der Waals surface area contributed by atoms with Crippen LogP contribution in [0.4, 0.5) is 0 Å². The summed E-state index contributed by atoms with van der Waals surface area (Å²) in [5.74, 6) is 0.0598. The molecular formula is C18H26N4OS. The molecule has 5 nitrogen and oxygen atoms in total. The number of nitrogens with two attached hydrogens (primary N) is 1. The molecule has 0 bridgehead atoms. The van der Waals surface area contributed by atoms with Crippen LogP contribution in [0.3, 0.4) is 0 Å². The molecule has 1 aromatic carbocycles. The van der Waals surface area contributed by atoms with E-state index in [-0.39, 0.29) is 5.91 Å². The molecule has 1 amide bonds. The SMILES string of the molecule is Cc1nc2ccc(CN3CCCCC3CNC(=O)CCN)cc2s1. The maximum absolute atomic E-state index is 11.7. The molecule has 1 saturated heterocycles. The van der Waals surface area contributed by atoms with E-state index in [1.165, 1.54) is 23.1 Å². The van der Waals surface area contributed by atoms with Gasteiger partial charge in [0.1, 0.15) is 0 Å². The lowest BCUT2D eigenvalue weighted by Gasteiger charge is -2.36. The zero-order valence-corrected chi connectivity index (χ0v) is 15.1. The fraction of sp³-hybridized carbons (Fsp3) is 0.556. The van der Waals surface area contributed by atoms with Crippen molar-refractivity contribution in [2.24, 2.45) is 5.73 Å². The summed E-state index contributed by atoms with van der Waals surface area (Å²) in [7, 11) is 0. The number of aryl methyl sites for hydroxylation is 1. The Morgan fingerprint density at radius 3 is 3.17 bits per heavy atom. The zero-order chi connectivity index (χ0) is 16.9. The van der Waals surface area contributed by atoms with Gasteiger partial charge in [0.25, 0.3) is 0 Å². The molecule has 1 aliphatic rings. The third-order valence-corrected chi connectivity index (χ3v) is 5.53. The van der Waals surface area contributed by atoms with E-state index in [9.17, 15) is 4.79 Å². The Morgan fingerprint density at radius 2 is 2.33 bits per heavy atom. The number of amides is 1. The fourth-order valence-corrected chi connectivity index (χ4v) is 4.26. The quantitative estimate of drug-likeness (QED) is 0.843. The normalized spacial score (nSPS) is 18.8. The first-order valence-electron chi connectivity index (χ1n) is 8.72. The van der Waals surface area contributed by atoms with Gasteiger partial charge in [0.15, 0.2) is 0 Å². The van der Waals surface area contributed by atoms with E-state index in [0.29, 0.717) is 19.0 Å². The molecule has 3 rings (SSSR count). The maximum atomic E-state index is 11.7. The van der Waals surface area contributed by atoms with E-state index in [1.54, 1.807) is 11.3 Å². The van der Waals surface area contributed by atoms with Crippen LogP contribution in [0.2, 0.25) is 0 Å². The summed E-state index contributed by atoms with van der Waals surface area (Å²) >= 11 is 1.75. The van der Waals surface area contributed by atoms with E-state index in [1.807, 2.05) is 0 Å². The van der Waals surface area contributed by atoms with E-state index < -0.39 is 0 Å². The highest BCUT2D eigenvalue weighted by Gasteiger charge is 2.23. The van der Waals surface area contributed by atoms with Crippen LogP contribution in [0, 0.1) is 6.92 Å². The second-order valence-electron chi connectivity index (χ2n) is 6.50. The van der Waals surface area contributed by atoms with E-state index in [4.69, 9.17) is 5.73 Å². The summed E-state index contributed by atoms with van der Waals surface area (Å²) in [5.41, 5.74) is 7.85. The number of hydrogen-bond donors (Lipinski definition) is 2. The first-order valence-corrected chi connectivity index (χ1v) is 9.54. The lowest BCUT2D eigenvalue weighted by molar-refractivity contribution is -0.121. The Balaban J connectivity index is 1.64. The molecule has 130 valence electrons. The third kappa shape index (κ3) is 4.32. The molecule has 2 heterocycles. The molecule has 1 aromatic heterocycles. The van der Waals surface area contributed by atoms with E-state index in [0.717, 1.165) is 36.6 Å². The van der Waals surface area contributed by atoms with Gasteiger partial charge in [-0.1, -0.05) is 12.5 Å². The van der Waals surface area contributed by atoms with Crippen molar-refractivity contribution in [3.63, 3.8) is 0 Å². The molecule has 0 aliphatic carbocycles. The molecule has 0 radical (unpaired) electrons. The average molecular weight is 347 g/mol. The van der Waals surface area contributed by atoms with Crippen LogP contribution in [0.25, 0.3) is 10.2 Å². The number of carbonyl (C=O) groups is 1. The van der Waals surface area contributed by atoms with Crippen molar-refractivity contribution in [2.75, 3.05) is 19.6 Å². The van der Waals surface area contributed by atoms with Crippen molar-refractivity contribution in [1.82, 2.24) is 15.2 Å². The molecule has 6 heteroatoms. The topological polar surface area (TPSA) is 71.2 Å². The van der Waals surface area contributed by atoms with Gasteiger partial charge < -0.3 is 11.1 Å². The van der Waals surface area contributed by atoms with Gasteiger partial charge in [-0.25, -0.2) is 4.98 Å². The van der Waals surface area contributed by atoms with Gasteiger partial charge in [-0.2, -0.15) is 0 Å². The number of nitrogens with zero attached hydrogens (tertiary/aromatic N) is 2. The number of piperidine rings is 1. The first-order chi connectivity index (χ1) is 11.7. The molecule has 1 aliphatic heterocycles. The molecule has 1 unspecified atom stereocenters. The summed E-state index contributed by atoms with van der Waals surface area (Å²) in [6.45, 7) is 5.21. The standard InChI is InChI=1S/C18H26N4OS/c1-13-21-16-6-5-14(10-17(16)24-13)12-22-9-3-2-4-15(22)11-20-18(23)7-8-19/h5-6,10,15H,2-4,7-9,11-12,19H2,1H3,(H,20,23). The van der Waals surface area contributed by atoms with Crippen molar-refractivity contribution in [2.45, 2.75) is 45.2 Å². The summed E-state index contributed by atoms with van der Waals surface area (Å²) in [6.07, 6.45) is 4.02. The predicted molar refractivity (Wildman–Crippen MR) is 99.1 cm³/mol. The number of hydrogen-bond acceptors (Lipinski definition) is 5. The van der Waals surface area contributed by atoms with E-state index in [2.05, 4.69) is 40.3 Å². The largest absolute Gasteiger partial charge is 0.354 e. The zero-order valence-electron chi connectivity index (χ0n) is 14.3. The van der Waals surface area contributed by atoms with Crippen molar-refractivity contribution < 1.29 is 4.79 Å². The summed E-state index contributed by atoms with van der Waals surface area (Å²) in [5, 5.41) is 4.15. The minimum absolute atomic E-state index is 0.0598. The Morgan fingerprint density at radius 1 is 1.46 bits per heavy atom. The third-order valence-electron chi connectivity index (χ3n) is 4.60. The summed E-state index contributed by atoms with van der Waals surface area (Å²) in [4.78, 5) is 18.7. The first kappa shape index (κ1) is 17.3. The maximum Gasteiger partial charge on any atom is 0.221 e. The number of fused-ring (bicyclic) bond motifs is 1. The average Bonchev–Trinajstić information content (AvgIpc) is 2.94. The Hall–Kier alpha value is -1.50. The molecule has 1 atom stereocenters. The fourth-order valence-electron chi connectivity index (χ4n) is 3.37. The van der Waals surface area contributed by atoms with Gasteiger partial charge in [-0.15, -0.1) is 11.3 Å². The van der Waals surface area contributed by atoms with Crippen LogP contribution < -0.4 is 11.1 Å². The number of thiazole rings is 1. The van der Waals surface area contributed by atoms with Crippen LogP contribution in [0.15, 0.2) is 18.2 Å². The van der Waals surface area contributed by atoms with Crippen molar-refractivity contribution in [3.8, 4) is 0 Å². The highest BCUT2D eigenvalue weighted by molar-refractivity contribution is 7.18. The number of likely N-dealkylation sites (tertiary alicyclic amines) is 1. The minimum Gasteiger partial charge on any atom is -0.354 e. The number of carbonyl (C=O) groups excluding carboxylic acids is 1. The lowest BCUT2D eigenvalue weighted by Crippen LogP contribution is -2.46. The Bertz CT molecular complexity index is 699. The van der Waals surface area contributed by atoms with Gasteiger partial charge in [-0.3, -0.25) is 9.69 Å². The molecule has 1 fully saturated rings. The molecular weight excluding hydrogens is 320 g/mol. The monoisotopic (exact) mass is 346 g/mol. The molecule has 3 N–H and O–H groups in total. The van der Waals surface area contributed by atoms with Gasteiger partial charge >= 0.3 is 0 Å². The Kier molecular flexibility index (Phi) is 5.81. The predicted octanol–water partition coefficient (Wildman–Crippen LogP) is 2.42. The minimum atomic E-state index is 0.0598. The van der Waals surface area contributed by atoms with Crippen molar-refractivity contribution in [1.29, 1.82) is 0 Å². The number of rotatable bonds is 6. The summed E-state index contributed by atoms with van der Waals surface area (Å²) in [6, 6.07) is 6.98. The number of aromatic nitrogens is 1. The second kappa shape index (κ2) is 8.05. The van der Waals surface area contributed by atoms with Crippen LogP contribution in [0.5, 0.6) is 0 Å². The van der Waals surface area contributed by atoms with Gasteiger partial charge in [0, 0.05) is 32.1 Å². The van der Waals surface area contributed by atoms with Gasteiger partial charge in [-0.05, 0) is 44.0 Å². The van der Waals surface area contributed by atoms with Crippen LogP contribution in [-0.2, 0) is 11.3 Å². The van der Waals surface area contributed by atoms with Crippen molar-refractivity contribution in [3.05, 3.63) is 28.8 Å². The summed E-state index contributed by atoms with van der Waals surface area (Å²) < 4.78 is 1.26.